The number of aromatic nitrogens is 3. The summed E-state index contributed by atoms with van der Waals surface area (Å²) < 4.78 is 7.49. The number of benzene rings is 2. The number of rotatable bonds is 8. The molecule has 0 saturated carbocycles. The fourth-order valence-corrected chi connectivity index (χ4v) is 5.62. The van der Waals surface area contributed by atoms with Gasteiger partial charge in [-0.25, -0.2) is 0 Å². The molecule has 7 heteroatoms. The molecule has 2 aliphatic rings. The van der Waals surface area contributed by atoms with Crippen molar-refractivity contribution in [3.8, 4) is 11.1 Å². The Balaban J connectivity index is 1.21. The van der Waals surface area contributed by atoms with Crippen LogP contribution in [0.25, 0.3) is 21.9 Å². The first-order valence-electron chi connectivity index (χ1n) is 13.7. The average molecular weight is 510 g/mol. The minimum Gasteiger partial charge on any atom is -0.379 e. The Bertz CT molecular complexity index is 1430. The molecule has 0 bridgehead atoms. The molecule has 0 N–H and O–H groups in total. The zero-order valence-corrected chi connectivity index (χ0v) is 22.1. The Morgan fingerprint density at radius 1 is 0.895 bits per heavy atom. The number of aryl methyl sites for hydroxylation is 1. The van der Waals surface area contributed by atoms with Gasteiger partial charge >= 0.3 is 0 Å². The monoisotopic (exact) mass is 509 g/mol. The molecule has 2 saturated heterocycles. The average Bonchev–Trinajstić information content (AvgIpc) is 3.59. The van der Waals surface area contributed by atoms with Crippen LogP contribution in [0.4, 0.5) is 0 Å². The Morgan fingerprint density at radius 2 is 1.71 bits per heavy atom. The lowest BCUT2D eigenvalue weighted by molar-refractivity contribution is 0.0332. The van der Waals surface area contributed by atoms with E-state index in [0.717, 1.165) is 85.6 Å². The van der Waals surface area contributed by atoms with E-state index >= 15 is 0 Å². The number of nitrogens with zero attached hydrogens (tertiary/aromatic N) is 5. The van der Waals surface area contributed by atoms with Gasteiger partial charge in [-0.2, -0.15) is 5.10 Å². The van der Waals surface area contributed by atoms with E-state index in [-0.39, 0.29) is 5.78 Å². The lowest BCUT2D eigenvalue weighted by Gasteiger charge is -2.27. The van der Waals surface area contributed by atoms with Crippen molar-refractivity contribution in [1.82, 2.24) is 24.6 Å². The van der Waals surface area contributed by atoms with E-state index in [1.165, 1.54) is 24.1 Å². The third kappa shape index (κ3) is 5.55. The summed E-state index contributed by atoms with van der Waals surface area (Å²) in [6, 6.07) is 16.6. The maximum atomic E-state index is 13.2. The fourth-order valence-electron chi connectivity index (χ4n) is 5.62. The number of likely N-dealkylation sites (tertiary alicyclic amines) is 1. The van der Waals surface area contributed by atoms with E-state index in [4.69, 9.17) is 4.74 Å². The van der Waals surface area contributed by atoms with Crippen molar-refractivity contribution in [2.45, 2.75) is 32.4 Å². The number of carbonyl (C=O) groups is 1. The minimum absolute atomic E-state index is 0.108. The number of ketones is 1. The van der Waals surface area contributed by atoms with Crippen molar-refractivity contribution in [1.29, 1.82) is 0 Å². The third-order valence-electron chi connectivity index (χ3n) is 7.82. The van der Waals surface area contributed by atoms with Gasteiger partial charge in [0.1, 0.15) is 0 Å². The Kier molecular flexibility index (Phi) is 7.31. The lowest BCUT2D eigenvalue weighted by Crippen LogP contribution is -2.36. The number of ether oxygens (including phenoxy) is 1. The van der Waals surface area contributed by atoms with Gasteiger partial charge in [0.2, 0.25) is 0 Å². The summed E-state index contributed by atoms with van der Waals surface area (Å²) in [4.78, 5) is 22.7. The Morgan fingerprint density at radius 3 is 2.55 bits per heavy atom. The van der Waals surface area contributed by atoms with Crippen molar-refractivity contribution in [3.05, 3.63) is 83.4 Å². The summed E-state index contributed by atoms with van der Waals surface area (Å²) in [5, 5.41) is 6.72. The van der Waals surface area contributed by atoms with E-state index < -0.39 is 0 Å². The van der Waals surface area contributed by atoms with Crippen molar-refractivity contribution >= 4 is 16.6 Å². The van der Waals surface area contributed by atoms with E-state index in [9.17, 15) is 4.79 Å². The standard InChI is InChI=1S/C31H35N5O2/c1-34-30(22-36-11-13-38-14-12-36)29(20-33-34)24-7-8-26-19-32-28(17-27(26)16-24)18-31(37)25-6-4-5-23(15-25)21-35-9-2-3-10-35/h4-8,15-17,19-20H,2-3,9-14,18,21-22H2,1H3. The van der Waals surface area contributed by atoms with E-state index in [1.807, 2.05) is 36.3 Å². The Labute approximate surface area is 224 Å². The summed E-state index contributed by atoms with van der Waals surface area (Å²) in [5.74, 6) is 0.108. The molecular weight excluding hydrogens is 474 g/mol. The largest absolute Gasteiger partial charge is 0.379 e. The first kappa shape index (κ1) is 24.9. The first-order valence-corrected chi connectivity index (χ1v) is 13.7. The summed E-state index contributed by atoms with van der Waals surface area (Å²) >= 11 is 0. The van der Waals surface area contributed by atoms with E-state index in [1.54, 1.807) is 0 Å². The molecule has 0 radical (unpaired) electrons. The summed E-state index contributed by atoms with van der Waals surface area (Å²) in [7, 11) is 2.01. The van der Waals surface area contributed by atoms with Crippen LogP contribution < -0.4 is 0 Å². The number of carbonyl (C=O) groups excluding carboxylic acids is 1. The smallest absolute Gasteiger partial charge is 0.168 e. The fraction of sp³-hybridized carbons (Fsp3) is 0.387. The summed E-state index contributed by atoms with van der Waals surface area (Å²) in [6.45, 7) is 7.49. The number of Topliss-reactive ketones (excluding diaryl/α,β-unsaturated/α-hetero) is 1. The van der Waals surface area contributed by atoms with Crippen LogP contribution >= 0.6 is 0 Å². The molecule has 196 valence electrons. The third-order valence-corrected chi connectivity index (χ3v) is 7.82. The SMILES string of the molecule is Cn1ncc(-c2ccc3cnc(CC(=O)c4cccc(CN5CCCC5)c4)cc3c2)c1CN1CCOCC1. The van der Waals surface area contributed by atoms with Crippen LogP contribution in [0.5, 0.6) is 0 Å². The van der Waals surface area contributed by atoms with Gasteiger partial charge < -0.3 is 4.74 Å². The second-order valence-corrected chi connectivity index (χ2v) is 10.5. The highest BCUT2D eigenvalue weighted by molar-refractivity contribution is 5.98. The molecule has 0 spiro atoms. The topological polar surface area (TPSA) is 63.5 Å². The first-order chi connectivity index (χ1) is 18.6. The number of fused-ring (bicyclic) bond motifs is 1. The van der Waals surface area contributed by atoms with Gasteiger partial charge in [0, 0.05) is 61.6 Å². The number of pyridine rings is 1. The molecule has 2 fully saturated rings. The molecule has 4 aromatic rings. The predicted molar refractivity (Wildman–Crippen MR) is 149 cm³/mol. The molecule has 2 aromatic carbocycles. The Hall–Kier alpha value is -3.39. The van der Waals surface area contributed by atoms with Gasteiger partial charge in [-0.3, -0.25) is 24.3 Å². The van der Waals surface area contributed by atoms with Gasteiger partial charge in [0.05, 0.1) is 31.5 Å². The maximum Gasteiger partial charge on any atom is 0.168 e. The van der Waals surface area contributed by atoms with Gasteiger partial charge in [0.15, 0.2) is 5.78 Å². The van der Waals surface area contributed by atoms with Crippen LogP contribution in [0, 0.1) is 0 Å². The van der Waals surface area contributed by atoms with Crippen molar-refractivity contribution < 1.29 is 9.53 Å². The zero-order valence-electron chi connectivity index (χ0n) is 22.1. The molecule has 4 heterocycles. The van der Waals surface area contributed by atoms with Crippen molar-refractivity contribution in [2.24, 2.45) is 7.05 Å². The normalized spacial score (nSPS) is 16.9. The summed E-state index contributed by atoms with van der Waals surface area (Å²) in [6.07, 6.45) is 6.66. The van der Waals surface area contributed by atoms with Crippen molar-refractivity contribution in [2.75, 3.05) is 39.4 Å². The zero-order chi connectivity index (χ0) is 25.9. The van der Waals surface area contributed by atoms with Gasteiger partial charge in [0.25, 0.3) is 0 Å². The highest BCUT2D eigenvalue weighted by atomic mass is 16.5. The molecule has 0 unspecified atom stereocenters. The van der Waals surface area contributed by atoms with Crippen LogP contribution in [0.1, 0.15) is 40.2 Å². The maximum absolute atomic E-state index is 13.2. The van der Waals surface area contributed by atoms with Gasteiger partial charge in [-0.1, -0.05) is 30.3 Å². The van der Waals surface area contributed by atoms with E-state index in [2.05, 4.69) is 56.3 Å². The molecule has 7 nitrogen and oxygen atoms in total. The molecule has 2 aromatic heterocycles. The molecule has 0 amide bonds. The summed E-state index contributed by atoms with van der Waals surface area (Å²) in [5.41, 5.74) is 6.24. The quantitative estimate of drug-likeness (QED) is 0.326. The number of hydrogen-bond donors (Lipinski definition) is 0. The molecule has 0 atom stereocenters. The molecule has 6 rings (SSSR count). The minimum atomic E-state index is 0.108. The number of morpholine rings is 1. The van der Waals surface area contributed by atoms with Crippen LogP contribution in [0.3, 0.4) is 0 Å². The lowest BCUT2D eigenvalue weighted by atomic mass is 10.00. The number of hydrogen-bond acceptors (Lipinski definition) is 6. The second kappa shape index (κ2) is 11.2. The van der Waals surface area contributed by atoms with Gasteiger partial charge in [-0.05, 0) is 60.6 Å². The highest BCUT2D eigenvalue weighted by Gasteiger charge is 2.18. The van der Waals surface area contributed by atoms with Crippen molar-refractivity contribution in [3.63, 3.8) is 0 Å². The second-order valence-electron chi connectivity index (χ2n) is 10.5. The van der Waals surface area contributed by atoms with Crippen LogP contribution in [0.15, 0.2) is 60.9 Å². The van der Waals surface area contributed by atoms with Gasteiger partial charge in [-0.15, -0.1) is 0 Å². The molecule has 38 heavy (non-hydrogen) atoms. The molecule has 2 aliphatic heterocycles. The molecule has 0 aliphatic carbocycles. The molecular formula is C31H35N5O2. The van der Waals surface area contributed by atoms with Crippen LogP contribution in [-0.4, -0.2) is 69.7 Å². The predicted octanol–water partition coefficient (Wildman–Crippen LogP) is 4.49. The highest BCUT2D eigenvalue weighted by Crippen LogP contribution is 2.28. The van der Waals surface area contributed by atoms with Crippen LogP contribution in [0.2, 0.25) is 0 Å². The van der Waals surface area contributed by atoms with Crippen LogP contribution in [-0.2, 0) is 31.3 Å². The van der Waals surface area contributed by atoms with E-state index in [0.29, 0.717) is 6.42 Å².